The number of hydrogen-bond acceptors (Lipinski definition) is 3. The second-order valence-electron chi connectivity index (χ2n) is 4.83. The van der Waals surface area contributed by atoms with Crippen LogP contribution in [0.2, 0.25) is 5.02 Å². The molecule has 0 radical (unpaired) electrons. The number of hydrogen-bond donors (Lipinski definition) is 1. The Morgan fingerprint density at radius 2 is 2.11 bits per heavy atom. The molecular formula is C14H22BrClN2O. The van der Waals surface area contributed by atoms with Crippen LogP contribution in [0.4, 0.5) is 0 Å². The highest BCUT2D eigenvalue weighted by Crippen LogP contribution is 2.27. The summed E-state index contributed by atoms with van der Waals surface area (Å²) in [5, 5.41) is 0.713. The molecule has 0 aliphatic rings. The maximum Gasteiger partial charge on any atom is 0.0597 e. The molecule has 1 aromatic carbocycles. The van der Waals surface area contributed by atoms with E-state index in [0.29, 0.717) is 18.2 Å². The van der Waals surface area contributed by atoms with Crippen LogP contribution in [0, 0.1) is 0 Å². The summed E-state index contributed by atoms with van der Waals surface area (Å²) in [7, 11) is 2.06. The molecule has 2 N–H and O–H groups in total. The van der Waals surface area contributed by atoms with Crippen LogP contribution in [-0.4, -0.2) is 37.7 Å². The lowest BCUT2D eigenvalue weighted by molar-refractivity contribution is 0.0564. The number of nitrogens with two attached hydrogens (primary N) is 1. The lowest BCUT2D eigenvalue weighted by Gasteiger charge is -2.27. The third-order valence-corrected chi connectivity index (χ3v) is 4.19. The SMILES string of the molecule is CC(C)OCCN(C)C(CN)c1ccc(Cl)c(Br)c1. The molecule has 0 saturated heterocycles. The van der Waals surface area contributed by atoms with Gasteiger partial charge >= 0.3 is 0 Å². The van der Waals surface area contributed by atoms with Crippen LogP contribution in [0.1, 0.15) is 25.5 Å². The van der Waals surface area contributed by atoms with Crippen LogP contribution in [0.5, 0.6) is 0 Å². The highest BCUT2D eigenvalue weighted by molar-refractivity contribution is 9.10. The fourth-order valence-electron chi connectivity index (χ4n) is 1.88. The highest BCUT2D eigenvalue weighted by atomic mass is 79.9. The zero-order valence-corrected chi connectivity index (χ0v) is 14.0. The van der Waals surface area contributed by atoms with Gasteiger partial charge in [0.2, 0.25) is 0 Å². The molecule has 0 fully saturated rings. The molecule has 3 nitrogen and oxygen atoms in total. The second-order valence-corrected chi connectivity index (χ2v) is 6.09. The van der Waals surface area contributed by atoms with Gasteiger partial charge in [0.15, 0.2) is 0 Å². The summed E-state index contributed by atoms with van der Waals surface area (Å²) in [4.78, 5) is 2.21. The lowest BCUT2D eigenvalue weighted by atomic mass is 10.1. The minimum Gasteiger partial charge on any atom is -0.377 e. The van der Waals surface area contributed by atoms with Crippen molar-refractivity contribution >= 4 is 27.5 Å². The maximum absolute atomic E-state index is 6.01. The molecular weight excluding hydrogens is 328 g/mol. The van der Waals surface area contributed by atoms with Crippen molar-refractivity contribution in [2.24, 2.45) is 5.73 Å². The predicted molar refractivity (Wildman–Crippen MR) is 84.7 cm³/mol. The molecule has 1 rings (SSSR count). The van der Waals surface area contributed by atoms with Gasteiger partial charge in [-0.05, 0) is 54.5 Å². The topological polar surface area (TPSA) is 38.5 Å². The predicted octanol–water partition coefficient (Wildman–Crippen LogP) is 3.46. The Bertz CT molecular complexity index is 401. The van der Waals surface area contributed by atoms with E-state index in [1.807, 2.05) is 32.0 Å². The molecule has 0 aromatic heterocycles. The fraction of sp³-hybridized carbons (Fsp3) is 0.571. The van der Waals surface area contributed by atoms with E-state index in [0.717, 1.165) is 16.6 Å². The molecule has 1 unspecified atom stereocenters. The average Bonchev–Trinajstić information content (AvgIpc) is 2.34. The van der Waals surface area contributed by atoms with E-state index in [9.17, 15) is 0 Å². The number of halogens is 2. The Kier molecular flexibility index (Phi) is 7.32. The number of rotatable bonds is 7. The van der Waals surface area contributed by atoms with Crippen molar-refractivity contribution in [3.05, 3.63) is 33.3 Å². The number of nitrogens with zero attached hydrogens (tertiary/aromatic N) is 1. The van der Waals surface area contributed by atoms with Crippen LogP contribution < -0.4 is 5.73 Å². The first kappa shape index (κ1) is 16.9. The average molecular weight is 350 g/mol. The first-order chi connectivity index (χ1) is 8.95. The van der Waals surface area contributed by atoms with Gasteiger partial charge in [-0.15, -0.1) is 0 Å². The van der Waals surface area contributed by atoms with Gasteiger partial charge in [0.1, 0.15) is 0 Å². The van der Waals surface area contributed by atoms with E-state index in [-0.39, 0.29) is 12.1 Å². The number of benzene rings is 1. The Morgan fingerprint density at radius 3 is 2.63 bits per heavy atom. The van der Waals surface area contributed by atoms with E-state index in [4.69, 9.17) is 22.1 Å². The number of ether oxygens (including phenoxy) is 1. The van der Waals surface area contributed by atoms with Gasteiger partial charge in [-0.2, -0.15) is 0 Å². The molecule has 0 aliphatic carbocycles. The third-order valence-electron chi connectivity index (χ3n) is 2.98. The summed E-state index contributed by atoms with van der Waals surface area (Å²) in [6, 6.07) is 6.11. The smallest absolute Gasteiger partial charge is 0.0597 e. The van der Waals surface area contributed by atoms with E-state index >= 15 is 0 Å². The van der Waals surface area contributed by atoms with Crippen LogP contribution in [-0.2, 0) is 4.74 Å². The summed E-state index contributed by atoms with van der Waals surface area (Å²) < 4.78 is 6.47. The van der Waals surface area contributed by atoms with Gasteiger partial charge in [-0.1, -0.05) is 17.7 Å². The van der Waals surface area contributed by atoms with Crippen molar-refractivity contribution in [1.29, 1.82) is 0 Å². The summed E-state index contributed by atoms with van der Waals surface area (Å²) >= 11 is 9.46. The molecule has 0 spiro atoms. The quantitative estimate of drug-likeness (QED) is 0.819. The van der Waals surface area contributed by atoms with E-state index in [2.05, 4.69) is 27.9 Å². The van der Waals surface area contributed by atoms with Gasteiger partial charge < -0.3 is 10.5 Å². The first-order valence-electron chi connectivity index (χ1n) is 6.42. The second kappa shape index (κ2) is 8.22. The van der Waals surface area contributed by atoms with Gasteiger partial charge in [-0.3, -0.25) is 4.90 Å². The molecule has 1 aromatic rings. The molecule has 0 amide bonds. The van der Waals surface area contributed by atoms with Gasteiger partial charge in [0.05, 0.1) is 17.7 Å². The van der Waals surface area contributed by atoms with Crippen molar-refractivity contribution in [2.45, 2.75) is 26.0 Å². The fourth-order valence-corrected chi connectivity index (χ4v) is 2.39. The molecule has 19 heavy (non-hydrogen) atoms. The van der Waals surface area contributed by atoms with Gasteiger partial charge in [0.25, 0.3) is 0 Å². The van der Waals surface area contributed by atoms with Crippen molar-refractivity contribution in [1.82, 2.24) is 4.90 Å². The normalized spacial score (nSPS) is 13.3. The van der Waals surface area contributed by atoms with E-state index < -0.39 is 0 Å². The standard InChI is InChI=1S/C14H22BrClN2O/c1-10(2)19-7-6-18(3)14(9-17)11-4-5-13(16)12(15)8-11/h4-5,8,10,14H,6-7,9,17H2,1-3H3. The molecule has 0 heterocycles. The zero-order chi connectivity index (χ0) is 14.4. The Labute approximate surface area is 129 Å². The Morgan fingerprint density at radius 1 is 1.42 bits per heavy atom. The summed E-state index contributed by atoms with van der Waals surface area (Å²) in [5.74, 6) is 0. The third kappa shape index (κ3) is 5.40. The molecule has 5 heteroatoms. The van der Waals surface area contributed by atoms with E-state index in [1.54, 1.807) is 0 Å². The van der Waals surface area contributed by atoms with Crippen molar-refractivity contribution in [3.63, 3.8) is 0 Å². The van der Waals surface area contributed by atoms with Crippen LogP contribution in [0.15, 0.2) is 22.7 Å². The van der Waals surface area contributed by atoms with Crippen LogP contribution in [0.25, 0.3) is 0 Å². The molecule has 0 bridgehead atoms. The molecule has 0 saturated carbocycles. The lowest BCUT2D eigenvalue weighted by Crippen LogP contribution is -2.33. The van der Waals surface area contributed by atoms with E-state index in [1.165, 1.54) is 0 Å². The monoisotopic (exact) mass is 348 g/mol. The maximum atomic E-state index is 6.01. The number of likely N-dealkylation sites (N-methyl/N-ethyl adjacent to an activating group) is 1. The minimum absolute atomic E-state index is 0.171. The summed E-state index contributed by atoms with van der Waals surface area (Å²) in [6.45, 7) is 6.19. The van der Waals surface area contributed by atoms with Crippen molar-refractivity contribution in [2.75, 3.05) is 26.7 Å². The minimum atomic E-state index is 0.171. The largest absolute Gasteiger partial charge is 0.377 e. The van der Waals surface area contributed by atoms with Gasteiger partial charge in [0, 0.05) is 23.6 Å². The zero-order valence-electron chi connectivity index (χ0n) is 11.7. The summed E-state index contributed by atoms with van der Waals surface area (Å²) in [6.07, 6.45) is 0.259. The first-order valence-corrected chi connectivity index (χ1v) is 7.59. The van der Waals surface area contributed by atoms with Crippen LogP contribution in [0.3, 0.4) is 0 Å². The van der Waals surface area contributed by atoms with Crippen molar-refractivity contribution in [3.8, 4) is 0 Å². The molecule has 108 valence electrons. The highest BCUT2D eigenvalue weighted by Gasteiger charge is 2.16. The Balaban J connectivity index is 2.67. The summed E-state index contributed by atoms with van der Waals surface area (Å²) in [5.41, 5.74) is 7.05. The van der Waals surface area contributed by atoms with Crippen LogP contribution >= 0.6 is 27.5 Å². The van der Waals surface area contributed by atoms with Crippen molar-refractivity contribution < 1.29 is 4.74 Å². The molecule has 0 aliphatic heterocycles. The molecule has 1 atom stereocenters. The van der Waals surface area contributed by atoms with Gasteiger partial charge in [-0.25, -0.2) is 0 Å². The Hall–Kier alpha value is -0.130.